The van der Waals surface area contributed by atoms with E-state index >= 15 is 0 Å². The van der Waals surface area contributed by atoms with E-state index in [4.69, 9.17) is 14.2 Å². The molecule has 2 aromatic carbocycles. The van der Waals surface area contributed by atoms with Crippen molar-refractivity contribution in [2.75, 3.05) is 6.61 Å². The highest BCUT2D eigenvalue weighted by atomic mass is 16.6. The second-order valence-corrected chi connectivity index (χ2v) is 6.62. The zero-order chi connectivity index (χ0) is 17.8. The molecule has 25 heavy (non-hydrogen) atoms. The molecule has 0 aromatic heterocycles. The average Bonchev–Trinajstić information content (AvgIpc) is 2.65. The Morgan fingerprint density at radius 3 is 2.68 bits per heavy atom. The van der Waals surface area contributed by atoms with Crippen LogP contribution in [-0.4, -0.2) is 18.7 Å². The number of fused-ring (bicyclic) bond motifs is 1. The van der Waals surface area contributed by atoms with Gasteiger partial charge in [0, 0.05) is 0 Å². The molecule has 1 aliphatic heterocycles. The van der Waals surface area contributed by atoms with E-state index in [1.165, 1.54) is 0 Å². The summed E-state index contributed by atoms with van der Waals surface area (Å²) in [5, 5.41) is 0. The van der Waals surface area contributed by atoms with Gasteiger partial charge < -0.3 is 14.2 Å². The zero-order valence-corrected chi connectivity index (χ0v) is 14.9. The maximum Gasteiger partial charge on any atom is 0.309 e. The quantitative estimate of drug-likeness (QED) is 0.760. The van der Waals surface area contributed by atoms with Crippen LogP contribution in [0, 0.1) is 5.92 Å². The van der Waals surface area contributed by atoms with Gasteiger partial charge >= 0.3 is 5.97 Å². The Morgan fingerprint density at radius 2 is 1.92 bits per heavy atom. The van der Waals surface area contributed by atoms with Gasteiger partial charge in [0.25, 0.3) is 0 Å². The first kappa shape index (κ1) is 17.3. The molecule has 1 aliphatic rings. The fourth-order valence-electron chi connectivity index (χ4n) is 2.83. The van der Waals surface area contributed by atoms with Gasteiger partial charge in [-0.3, -0.25) is 4.79 Å². The van der Waals surface area contributed by atoms with Crippen LogP contribution in [0.3, 0.4) is 0 Å². The molecule has 3 atom stereocenters. The van der Waals surface area contributed by atoms with Crippen molar-refractivity contribution >= 4 is 5.97 Å². The minimum atomic E-state index is -0.247. The Morgan fingerprint density at radius 1 is 1.16 bits per heavy atom. The van der Waals surface area contributed by atoms with E-state index in [2.05, 4.69) is 0 Å². The molecule has 0 radical (unpaired) electrons. The van der Waals surface area contributed by atoms with E-state index in [0.29, 0.717) is 13.2 Å². The van der Waals surface area contributed by atoms with Crippen LogP contribution in [0.2, 0.25) is 0 Å². The normalized spacial score (nSPS) is 18.3. The number of hydrogen-bond donors (Lipinski definition) is 0. The number of ether oxygens (including phenoxy) is 3. The van der Waals surface area contributed by atoms with Crippen LogP contribution in [-0.2, 0) is 16.1 Å². The summed E-state index contributed by atoms with van der Waals surface area (Å²) in [4.78, 5) is 12.4. The topological polar surface area (TPSA) is 44.8 Å². The summed E-state index contributed by atoms with van der Waals surface area (Å²) in [6, 6.07) is 15.6. The molecule has 0 fully saturated rings. The van der Waals surface area contributed by atoms with Gasteiger partial charge in [0.15, 0.2) is 11.5 Å². The molecule has 4 nitrogen and oxygen atoms in total. The van der Waals surface area contributed by atoms with E-state index in [0.717, 1.165) is 22.6 Å². The van der Waals surface area contributed by atoms with Crippen molar-refractivity contribution in [2.24, 2.45) is 5.92 Å². The summed E-state index contributed by atoms with van der Waals surface area (Å²) in [6.45, 7) is 6.77. The third kappa shape index (κ3) is 4.13. The standard InChI is InChI=1S/C21H24O4/c1-14-12-23-19-10-9-18(11-20(19)25-14)15(2)16(3)21(22)24-13-17-7-5-4-6-8-17/h4-11,14-16H,12-13H2,1-3H3. The molecule has 0 saturated carbocycles. The Balaban J connectivity index is 1.64. The van der Waals surface area contributed by atoms with Crippen LogP contribution in [0.25, 0.3) is 0 Å². The SMILES string of the molecule is CC1COc2ccc(C(C)C(C)C(=O)OCc3ccccc3)cc2O1. The Bertz CT molecular complexity index is 726. The monoisotopic (exact) mass is 340 g/mol. The number of benzene rings is 2. The number of carbonyl (C=O) groups is 1. The van der Waals surface area contributed by atoms with Crippen LogP contribution in [0.1, 0.15) is 37.8 Å². The van der Waals surface area contributed by atoms with Gasteiger partial charge in [-0.2, -0.15) is 0 Å². The molecule has 0 spiro atoms. The summed E-state index contributed by atoms with van der Waals surface area (Å²) in [6.07, 6.45) is 0.0336. The molecule has 3 unspecified atom stereocenters. The Kier molecular flexibility index (Phi) is 5.27. The predicted molar refractivity (Wildman–Crippen MR) is 95.8 cm³/mol. The van der Waals surface area contributed by atoms with Crippen LogP contribution in [0.15, 0.2) is 48.5 Å². The Hall–Kier alpha value is -2.49. The van der Waals surface area contributed by atoms with Crippen molar-refractivity contribution in [3.05, 3.63) is 59.7 Å². The number of rotatable bonds is 5. The molecule has 132 valence electrons. The van der Waals surface area contributed by atoms with Gasteiger partial charge in [-0.1, -0.05) is 50.2 Å². The molecular formula is C21H24O4. The van der Waals surface area contributed by atoms with E-state index in [-0.39, 0.29) is 23.9 Å². The lowest BCUT2D eigenvalue weighted by Crippen LogP contribution is -2.26. The predicted octanol–water partition coefficient (Wildman–Crippen LogP) is 4.33. The highest BCUT2D eigenvalue weighted by molar-refractivity contribution is 5.73. The molecule has 0 saturated heterocycles. The average molecular weight is 340 g/mol. The van der Waals surface area contributed by atoms with Gasteiger partial charge in [-0.25, -0.2) is 0 Å². The fraction of sp³-hybridized carbons (Fsp3) is 0.381. The first-order chi connectivity index (χ1) is 12.0. The lowest BCUT2D eigenvalue weighted by atomic mass is 9.88. The minimum Gasteiger partial charge on any atom is -0.486 e. The second kappa shape index (κ2) is 7.60. The van der Waals surface area contributed by atoms with Crippen molar-refractivity contribution in [3.8, 4) is 11.5 Å². The molecular weight excluding hydrogens is 316 g/mol. The van der Waals surface area contributed by atoms with Crippen LogP contribution in [0.4, 0.5) is 0 Å². The van der Waals surface area contributed by atoms with Gasteiger partial charge in [0.05, 0.1) is 5.92 Å². The molecule has 0 N–H and O–H groups in total. The van der Waals surface area contributed by atoms with Crippen molar-refractivity contribution < 1.29 is 19.0 Å². The summed E-state index contributed by atoms with van der Waals surface area (Å²) in [5.41, 5.74) is 2.03. The maximum atomic E-state index is 12.4. The summed E-state index contributed by atoms with van der Waals surface area (Å²) in [5.74, 6) is 1.08. The van der Waals surface area contributed by atoms with Gasteiger partial charge in [0.2, 0.25) is 0 Å². The smallest absolute Gasteiger partial charge is 0.309 e. The lowest BCUT2D eigenvalue weighted by Gasteiger charge is -2.26. The molecule has 3 rings (SSSR count). The molecule has 1 heterocycles. The highest BCUT2D eigenvalue weighted by Gasteiger charge is 2.25. The van der Waals surface area contributed by atoms with Crippen LogP contribution >= 0.6 is 0 Å². The van der Waals surface area contributed by atoms with Crippen molar-refractivity contribution in [1.29, 1.82) is 0 Å². The third-order valence-corrected chi connectivity index (χ3v) is 4.64. The van der Waals surface area contributed by atoms with E-state index < -0.39 is 0 Å². The fourth-order valence-corrected chi connectivity index (χ4v) is 2.83. The van der Waals surface area contributed by atoms with Crippen LogP contribution < -0.4 is 9.47 Å². The molecule has 4 heteroatoms. The largest absolute Gasteiger partial charge is 0.486 e. The van der Waals surface area contributed by atoms with Crippen LogP contribution in [0.5, 0.6) is 11.5 Å². The summed E-state index contributed by atoms with van der Waals surface area (Å²) < 4.78 is 16.9. The molecule has 0 bridgehead atoms. The Labute approximate surface area is 148 Å². The van der Waals surface area contributed by atoms with Gasteiger partial charge in [0.1, 0.15) is 19.3 Å². The zero-order valence-electron chi connectivity index (χ0n) is 14.9. The first-order valence-electron chi connectivity index (χ1n) is 8.68. The molecule has 0 aliphatic carbocycles. The van der Waals surface area contributed by atoms with Crippen molar-refractivity contribution in [3.63, 3.8) is 0 Å². The molecule has 2 aromatic rings. The third-order valence-electron chi connectivity index (χ3n) is 4.64. The maximum absolute atomic E-state index is 12.4. The summed E-state index contributed by atoms with van der Waals surface area (Å²) >= 11 is 0. The van der Waals surface area contributed by atoms with Gasteiger partial charge in [-0.05, 0) is 36.1 Å². The van der Waals surface area contributed by atoms with Crippen molar-refractivity contribution in [2.45, 2.75) is 39.4 Å². The minimum absolute atomic E-state index is 0.0226. The second-order valence-electron chi connectivity index (χ2n) is 6.62. The van der Waals surface area contributed by atoms with Gasteiger partial charge in [-0.15, -0.1) is 0 Å². The van der Waals surface area contributed by atoms with E-state index in [9.17, 15) is 4.79 Å². The molecule has 0 amide bonds. The van der Waals surface area contributed by atoms with E-state index in [1.54, 1.807) is 0 Å². The van der Waals surface area contributed by atoms with E-state index in [1.807, 2.05) is 69.3 Å². The first-order valence-corrected chi connectivity index (χ1v) is 8.68. The summed E-state index contributed by atoms with van der Waals surface area (Å²) in [7, 11) is 0. The number of hydrogen-bond acceptors (Lipinski definition) is 4. The highest BCUT2D eigenvalue weighted by Crippen LogP contribution is 2.36. The lowest BCUT2D eigenvalue weighted by molar-refractivity contribution is -0.149. The number of carbonyl (C=O) groups excluding carboxylic acids is 1. The van der Waals surface area contributed by atoms with Crippen molar-refractivity contribution in [1.82, 2.24) is 0 Å². The number of esters is 1.